The van der Waals surface area contributed by atoms with Gasteiger partial charge in [-0.2, -0.15) is 0 Å². The first-order valence-corrected chi connectivity index (χ1v) is 6.91. The number of anilines is 1. The second kappa shape index (κ2) is 5.29. The van der Waals surface area contributed by atoms with Crippen molar-refractivity contribution in [3.63, 3.8) is 0 Å². The van der Waals surface area contributed by atoms with Crippen LogP contribution < -0.4 is 5.32 Å². The Morgan fingerprint density at radius 3 is 2.87 bits per heavy atom. The number of benzene rings is 1. The van der Waals surface area contributed by atoms with Crippen LogP contribution in [0.4, 0.5) is 5.69 Å². The van der Waals surface area contributed by atoms with Gasteiger partial charge in [-0.1, -0.05) is 29.8 Å². The SMILES string of the molecule is Clc1[c]ccc(NCC[SH]2C=CC=C2)c1. The van der Waals surface area contributed by atoms with E-state index in [-0.39, 0.29) is 10.9 Å². The largest absolute Gasteiger partial charge is 0.384 e. The maximum atomic E-state index is 5.84. The summed E-state index contributed by atoms with van der Waals surface area (Å²) < 4.78 is 0. The number of hydrogen-bond acceptors (Lipinski definition) is 1. The minimum atomic E-state index is -0.0134. The minimum absolute atomic E-state index is 0.0134. The molecule has 3 heteroatoms. The molecule has 0 atom stereocenters. The van der Waals surface area contributed by atoms with Crippen LogP contribution in [0.25, 0.3) is 0 Å². The van der Waals surface area contributed by atoms with Crippen molar-refractivity contribution in [1.82, 2.24) is 0 Å². The summed E-state index contributed by atoms with van der Waals surface area (Å²) in [6.45, 7) is 0.987. The third-order valence-corrected chi connectivity index (χ3v) is 4.20. The molecule has 1 nitrogen and oxygen atoms in total. The van der Waals surface area contributed by atoms with Gasteiger partial charge < -0.3 is 5.32 Å². The molecule has 1 aromatic carbocycles. The van der Waals surface area contributed by atoms with Crippen molar-refractivity contribution >= 4 is 28.2 Å². The Hall–Kier alpha value is -0.860. The predicted molar refractivity (Wildman–Crippen MR) is 70.9 cm³/mol. The molecular weight excluding hydrogens is 226 g/mol. The first kappa shape index (κ1) is 10.7. The van der Waals surface area contributed by atoms with E-state index in [1.807, 2.05) is 18.2 Å². The maximum Gasteiger partial charge on any atom is 0.0505 e. The standard InChI is InChI=1S/C12H13ClNS/c13-11-4-3-5-12(10-11)14-6-9-15-7-1-2-8-15/h1-3,5,7-8,10,14-15H,6,9H2. The molecule has 79 valence electrons. The Kier molecular flexibility index (Phi) is 3.75. The van der Waals surface area contributed by atoms with Crippen LogP contribution in [0, 0.1) is 6.07 Å². The highest BCUT2D eigenvalue weighted by Crippen LogP contribution is 2.31. The predicted octanol–water partition coefficient (Wildman–Crippen LogP) is 3.59. The van der Waals surface area contributed by atoms with E-state index in [0.717, 1.165) is 12.2 Å². The lowest BCUT2D eigenvalue weighted by Gasteiger charge is -2.11. The van der Waals surface area contributed by atoms with E-state index >= 15 is 0 Å². The van der Waals surface area contributed by atoms with Gasteiger partial charge in [0.15, 0.2) is 0 Å². The summed E-state index contributed by atoms with van der Waals surface area (Å²) in [6, 6.07) is 8.63. The molecule has 1 aliphatic heterocycles. The Balaban J connectivity index is 1.78. The number of rotatable bonds is 4. The zero-order chi connectivity index (χ0) is 10.5. The van der Waals surface area contributed by atoms with Crippen LogP contribution in [-0.2, 0) is 0 Å². The molecule has 0 aliphatic carbocycles. The van der Waals surface area contributed by atoms with Gasteiger partial charge in [0.05, 0.1) is 5.02 Å². The Bertz CT molecular complexity index is 375. The van der Waals surface area contributed by atoms with Gasteiger partial charge in [0, 0.05) is 18.3 Å². The summed E-state index contributed by atoms with van der Waals surface area (Å²) in [6.07, 6.45) is 4.25. The van der Waals surface area contributed by atoms with Gasteiger partial charge in [-0.25, -0.2) is 10.9 Å². The molecule has 0 fully saturated rings. The quantitative estimate of drug-likeness (QED) is 0.764. The smallest absolute Gasteiger partial charge is 0.0505 e. The van der Waals surface area contributed by atoms with E-state index in [1.54, 1.807) is 0 Å². The highest BCUT2D eigenvalue weighted by molar-refractivity contribution is 8.22. The van der Waals surface area contributed by atoms with Crippen LogP contribution in [0.15, 0.2) is 41.2 Å². The van der Waals surface area contributed by atoms with E-state index in [0.29, 0.717) is 5.02 Å². The van der Waals surface area contributed by atoms with Gasteiger partial charge in [-0.15, -0.1) is 0 Å². The monoisotopic (exact) mass is 238 g/mol. The van der Waals surface area contributed by atoms with Crippen LogP contribution in [0.1, 0.15) is 0 Å². The average Bonchev–Trinajstić information content (AvgIpc) is 2.71. The van der Waals surface area contributed by atoms with Gasteiger partial charge in [-0.3, -0.25) is 0 Å². The molecule has 0 unspecified atom stereocenters. The van der Waals surface area contributed by atoms with Crippen molar-refractivity contribution in [3.8, 4) is 0 Å². The van der Waals surface area contributed by atoms with Crippen LogP contribution in [0.3, 0.4) is 0 Å². The molecule has 1 heterocycles. The second-order valence-electron chi connectivity index (χ2n) is 3.27. The molecule has 0 saturated carbocycles. The average molecular weight is 239 g/mol. The molecule has 2 rings (SSSR count). The molecule has 0 saturated heterocycles. The van der Waals surface area contributed by atoms with Gasteiger partial charge in [0.1, 0.15) is 0 Å². The number of halogens is 1. The summed E-state index contributed by atoms with van der Waals surface area (Å²) in [7, 11) is -0.0134. The third-order valence-electron chi connectivity index (χ3n) is 2.13. The first-order valence-electron chi connectivity index (χ1n) is 4.86. The fraction of sp³-hybridized carbons (Fsp3) is 0.167. The van der Waals surface area contributed by atoms with Crippen molar-refractivity contribution in [1.29, 1.82) is 0 Å². The van der Waals surface area contributed by atoms with Crippen LogP contribution >= 0.6 is 22.5 Å². The van der Waals surface area contributed by atoms with Crippen molar-refractivity contribution in [2.24, 2.45) is 0 Å². The molecule has 0 spiro atoms. The molecule has 0 amide bonds. The molecule has 1 aromatic rings. The summed E-state index contributed by atoms with van der Waals surface area (Å²) in [4.78, 5) is 0. The third kappa shape index (κ3) is 3.33. The highest BCUT2D eigenvalue weighted by atomic mass is 35.5. The van der Waals surface area contributed by atoms with E-state index < -0.39 is 0 Å². The summed E-state index contributed by atoms with van der Waals surface area (Å²) in [5.74, 6) is 1.18. The number of nitrogens with one attached hydrogen (secondary N) is 1. The number of thiol groups is 1. The normalized spacial score (nSPS) is 15.9. The van der Waals surface area contributed by atoms with Crippen LogP contribution in [0.2, 0.25) is 5.02 Å². The Labute approximate surface area is 98.2 Å². The van der Waals surface area contributed by atoms with Crippen LogP contribution in [0.5, 0.6) is 0 Å². The van der Waals surface area contributed by atoms with Crippen molar-refractivity contribution in [2.75, 3.05) is 17.6 Å². The van der Waals surface area contributed by atoms with Crippen LogP contribution in [-0.4, -0.2) is 12.3 Å². The molecule has 0 bridgehead atoms. The topological polar surface area (TPSA) is 12.0 Å². The zero-order valence-corrected chi connectivity index (χ0v) is 9.93. The summed E-state index contributed by atoms with van der Waals surface area (Å²) in [5.41, 5.74) is 1.07. The van der Waals surface area contributed by atoms with Crippen molar-refractivity contribution in [3.05, 3.63) is 52.3 Å². The molecular formula is C12H13ClNS. The fourth-order valence-corrected chi connectivity index (χ4v) is 2.98. The molecule has 1 radical (unpaired) electrons. The lowest BCUT2D eigenvalue weighted by molar-refractivity contribution is 1.23. The van der Waals surface area contributed by atoms with E-state index in [1.165, 1.54) is 5.75 Å². The Morgan fingerprint density at radius 1 is 1.33 bits per heavy atom. The van der Waals surface area contributed by atoms with Crippen molar-refractivity contribution < 1.29 is 0 Å². The maximum absolute atomic E-state index is 5.84. The fourth-order valence-electron chi connectivity index (χ4n) is 1.40. The van der Waals surface area contributed by atoms with E-state index in [4.69, 9.17) is 11.6 Å². The summed E-state index contributed by atoms with van der Waals surface area (Å²) in [5, 5.41) is 8.58. The lowest BCUT2D eigenvalue weighted by Crippen LogP contribution is -2.05. The zero-order valence-electron chi connectivity index (χ0n) is 8.28. The van der Waals surface area contributed by atoms with E-state index in [2.05, 4.69) is 34.4 Å². The highest BCUT2D eigenvalue weighted by Gasteiger charge is 1.98. The van der Waals surface area contributed by atoms with Gasteiger partial charge in [0.25, 0.3) is 0 Å². The van der Waals surface area contributed by atoms with Crippen molar-refractivity contribution in [2.45, 2.75) is 0 Å². The minimum Gasteiger partial charge on any atom is -0.384 e. The molecule has 0 aromatic heterocycles. The number of hydrogen-bond donors (Lipinski definition) is 2. The lowest BCUT2D eigenvalue weighted by atomic mass is 10.3. The Morgan fingerprint density at radius 2 is 2.13 bits per heavy atom. The molecule has 15 heavy (non-hydrogen) atoms. The number of allylic oxidation sites excluding steroid dienone is 2. The molecule has 1 N–H and O–H groups in total. The first-order chi connectivity index (χ1) is 7.34. The van der Waals surface area contributed by atoms with E-state index in [9.17, 15) is 0 Å². The second-order valence-corrected chi connectivity index (χ2v) is 5.75. The van der Waals surface area contributed by atoms with Gasteiger partial charge in [-0.05, 0) is 28.7 Å². The van der Waals surface area contributed by atoms with Gasteiger partial charge in [0.2, 0.25) is 0 Å². The molecule has 1 aliphatic rings. The van der Waals surface area contributed by atoms with Gasteiger partial charge >= 0.3 is 0 Å². The summed E-state index contributed by atoms with van der Waals surface area (Å²) >= 11 is 5.84.